The molecular weight excluding hydrogens is 252 g/mol. The average molecular weight is 268 g/mol. The molecule has 2 heterocycles. The van der Waals surface area contributed by atoms with Crippen molar-refractivity contribution >= 4 is 29.1 Å². The summed E-state index contributed by atoms with van der Waals surface area (Å²) in [5, 5.41) is 13.8. The van der Waals surface area contributed by atoms with Gasteiger partial charge in [-0.05, 0) is 12.2 Å². The van der Waals surface area contributed by atoms with Crippen molar-refractivity contribution in [2.24, 2.45) is 0 Å². The van der Waals surface area contributed by atoms with Crippen molar-refractivity contribution in [3.05, 3.63) is 22.2 Å². The maximum atomic E-state index is 10.9. The first kappa shape index (κ1) is 12.9. The van der Waals surface area contributed by atoms with Gasteiger partial charge in [0.25, 0.3) is 5.69 Å². The van der Waals surface area contributed by atoms with Gasteiger partial charge in [0.15, 0.2) is 0 Å². The maximum Gasteiger partial charge on any atom is 0.276 e. The van der Waals surface area contributed by atoms with Crippen LogP contribution in [-0.4, -0.2) is 41.6 Å². The Balaban J connectivity index is 2.29. The number of nitrogens with zero attached hydrogens (tertiary/aromatic N) is 3. The Morgan fingerprint density at radius 2 is 2.28 bits per heavy atom. The molecule has 1 fully saturated rings. The topological polar surface area (TPSA) is 71.3 Å². The van der Waals surface area contributed by atoms with Gasteiger partial charge in [0.2, 0.25) is 0 Å². The minimum atomic E-state index is -0.376. The second-order valence-corrected chi connectivity index (χ2v) is 5.25. The summed E-state index contributed by atoms with van der Waals surface area (Å²) in [6.07, 6.45) is 1.09. The summed E-state index contributed by atoms with van der Waals surface area (Å²) in [6.45, 7) is 1.80. The van der Waals surface area contributed by atoms with E-state index in [-0.39, 0.29) is 10.6 Å². The first-order valence-electron chi connectivity index (χ1n) is 5.87. The molecule has 0 unspecified atom stereocenters. The lowest BCUT2D eigenvalue weighted by molar-refractivity contribution is -0.384. The molecule has 6 nitrogen and oxygen atoms in total. The normalized spacial score (nSPS) is 16.2. The lowest BCUT2D eigenvalue weighted by atomic mass is 10.3. The van der Waals surface area contributed by atoms with Crippen LogP contribution in [0.2, 0.25) is 0 Å². The Labute approximate surface area is 110 Å². The predicted molar refractivity (Wildman–Crippen MR) is 74.6 cm³/mol. The highest BCUT2D eigenvalue weighted by Gasteiger charge is 2.16. The third kappa shape index (κ3) is 3.04. The van der Waals surface area contributed by atoms with Crippen LogP contribution in [0, 0.1) is 10.1 Å². The zero-order valence-electron chi connectivity index (χ0n) is 10.3. The van der Waals surface area contributed by atoms with E-state index >= 15 is 0 Å². The minimum Gasteiger partial charge on any atom is -0.373 e. The van der Waals surface area contributed by atoms with Gasteiger partial charge in [-0.1, -0.05) is 0 Å². The van der Waals surface area contributed by atoms with E-state index in [1.54, 1.807) is 13.1 Å². The van der Waals surface area contributed by atoms with Gasteiger partial charge in [0, 0.05) is 25.9 Å². The Bertz CT molecular complexity index is 433. The van der Waals surface area contributed by atoms with Crippen LogP contribution in [0.1, 0.15) is 6.42 Å². The summed E-state index contributed by atoms with van der Waals surface area (Å²) in [5.74, 6) is 3.41. The third-order valence-electron chi connectivity index (χ3n) is 2.81. The van der Waals surface area contributed by atoms with Crippen LogP contribution in [0.25, 0.3) is 0 Å². The first-order chi connectivity index (χ1) is 8.70. The Hall–Kier alpha value is -1.50. The van der Waals surface area contributed by atoms with Gasteiger partial charge in [0.1, 0.15) is 11.6 Å². The molecule has 1 N–H and O–H groups in total. The second-order valence-electron chi connectivity index (χ2n) is 4.03. The summed E-state index contributed by atoms with van der Waals surface area (Å²) >= 11 is 1.92. The number of hydrogen-bond acceptors (Lipinski definition) is 6. The number of nitro groups is 1. The Morgan fingerprint density at radius 1 is 1.44 bits per heavy atom. The zero-order chi connectivity index (χ0) is 13.0. The summed E-state index contributed by atoms with van der Waals surface area (Å²) in [6, 6.07) is 3.01. The molecule has 0 radical (unpaired) electrons. The van der Waals surface area contributed by atoms with Gasteiger partial charge in [0.05, 0.1) is 17.1 Å². The molecule has 7 heteroatoms. The number of nitrogens with one attached hydrogen (secondary N) is 1. The van der Waals surface area contributed by atoms with Crippen molar-refractivity contribution < 1.29 is 4.92 Å². The van der Waals surface area contributed by atoms with Crippen molar-refractivity contribution in [2.75, 3.05) is 41.9 Å². The van der Waals surface area contributed by atoms with E-state index in [1.165, 1.54) is 6.07 Å². The number of hydrogen-bond donors (Lipinski definition) is 1. The molecule has 0 spiro atoms. The Morgan fingerprint density at radius 3 is 3.00 bits per heavy atom. The summed E-state index contributed by atoms with van der Waals surface area (Å²) in [5.41, 5.74) is 0.0845. The molecule has 98 valence electrons. The van der Waals surface area contributed by atoms with Crippen molar-refractivity contribution in [3.63, 3.8) is 0 Å². The molecule has 0 bridgehead atoms. The molecule has 1 saturated heterocycles. The highest BCUT2D eigenvalue weighted by molar-refractivity contribution is 7.99. The first-order valence-corrected chi connectivity index (χ1v) is 7.03. The molecule has 1 aromatic rings. The zero-order valence-corrected chi connectivity index (χ0v) is 11.1. The van der Waals surface area contributed by atoms with E-state index in [4.69, 9.17) is 0 Å². The molecular formula is C11H16N4O2S. The van der Waals surface area contributed by atoms with Crippen LogP contribution in [0.5, 0.6) is 0 Å². The number of anilines is 2. The largest absolute Gasteiger partial charge is 0.373 e. The van der Waals surface area contributed by atoms with Gasteiger partial charge < -0.3 is 10.2 Å². The van der Waals surface area contributed by atoms with E-state index in [2.05, 4.69) is 15.2 Å². The third-order valence-corrected chi connectivity index (χ3v) is 3.86. The van der Waals surface area contributed by atoms with Crippen LogP contribution in [0.4, 0.5) is 17.3 Å². The number of pyridine rings is 1. The molecule has 0 atom stereocenters. The highest BCUT2D eigenvalue weighted by atomic mass is 32.2. The molecule has 0 aliphatic carbocycles. The molecule has 18 heavy (non-hydrogen) atoms. The Kier molecular flexibility index (Phi) is 4.24. The molecule has 1 aliphatic rings. The van der Waals surface area contributed by atoms with E-state index in [0.29, 0.717) is 11.6 Å². The van der Waals surface area contributed by atoms with E-state index < -0.39 is 0 Å². The van der Waals surface area contributed by atoms with Crippen molar-refractivity contribution in [1.82, 2.24) is 4.98 Å². The minimum absolute atomic E-state index is 0.0845. The molecule has 0 saturated carbocycles. The van der Waals surface area contributed by atoms with E-state index in [1.807, 2.05) is 11.8 Å². The standard InChI is InChI=1S/C11H16N4O2S/c1-12-10-7-9(15(16)17)8-11(13-10)14-3-2-5-18-6-4-14/h7-8H,2-6H2,1H3,(H,12,13). The van der Waals surface area contributed by atoms with Gasteiger partial charge >= 0.3 is 0 Å². The van der Waals surface area contributed by atoms with Crippen molar-refractivity contribution in [3.8, 4) is 0 Å². The summed E-state index contributed by atoms with van der Waals surface area (Å²) in [4.78, 5) is 17.0. The van der Waals surface area contributed by atoms with E-state index in [0.717, 1.165) is 31.0 Å². The highest BCUT2D eigenvalue weighted by Crippen LogP contribution is 2.24. The fraction of sp³-hybridized carbons (Fsp3) is 0.545. The molecule has 1 aliphatic heterocycles. The molecule has 0 aromatic carbocycles. The second kappa shape index (κ2) is 5.90. The molecule has 0 amide bonds. The van der Waals surface area contributed by atoms with Gasteiger partial charge in [-0.3, -0.25) is 10.1 Å². The van der Waals surface area contributed by atoms with Gasteiger partial charge in [-0.25, -0.2) is 4.98 Å². The molecule has 1 aromatic heterocycles. The maximum absolute atomic E-state index is 10.9. The van der Waals surface area contributed by atoms with Crippen molar-refractivity contribution in [2.45, 2.75) is 6.42 Å². The summed E-state index contributed by atoms with van der Waals surface area (Å²) in [7, 11) is 1.72. The van der Waals surface area contributed by atoms with Crippen molar-refractivity contribution in [1.29, 1.82) is 0 Å². The molecule has 2 rings (SSSR count). The lowest BCUT2D eigenvalue weighted by Gasteiger charge is -2.21. The van der Waals surface area contributed by atoms with Gasteiger partial charge in [-0.15, -0.1) is 0 Å². The predicted octanol–water partition coefficient (Wildman–Crippen LogP) is 1.97. The quantitative estimate of drug-likeness (QED) is 0.667. The van der Waals surface area contributed by atoms with Crippen LogP contribution in [0.3, 0.4) is 0 Å². The van der Waals surface area contributed by atoms with Crippen LogP contribution < -0.4 is 10.2 Å². The SMILES string of the molecule is CNc1cc([N+](=O)[O-])cc(N2CCCSCC2)n1. The fourth-order valence-electron chi connectivity index (χ4n) is 1.87. The lowest BCUT2D eigenvalue weighted by Crippen LogP contribution is -2.26. The van der Waals surface area contributed by atoms with Crippen LogP contribution >= 0.6 is 11.8 Å². The number of rotatable bonds is 3. The summed E-state index contributed by atoms with van der Waals surface area (Å²) < 4.78 is 0. The van der Waals surface area contributed by atoms with E-state index in [9.17, 15) is 10.1 Å². The van der Waals surface area contributed by atoms with Gasteiger partial charge in [-0.2, -0.15) is 11.8 Å². The number of aromatic nitrogens is 1. The fourth-order valence-corrected chi connectivity index (χ4v) is 2.76. The van der Waals surface area contributed by atoms with Crippen LogP contribution in [-0.2, 0) is 0 Å². The number of thioether (sulfide) groups is 1. The average Bonchev–Trinajstić information content (AvgIpc) is 2.67. The smallest absolute Gasteiger partial charge is 0.276 e. The monoisotopic (exact) mass is 268 g/mol. The van der Waals surface area contributed by atoms with Crippen LogP contribution in [0.15, 0.2) is 12.1 Å².